The van der Waals surface area contributed by atoms with Crippen LogP contribution in [-0.2, 0) is 22.6 Å². The van der Waals surface area contributed by atoms with Crippen LogP contribution in [0, 0.1) is 0 Å². The lowest BCUT2D eigenvalue weighted by Crippen LogP contribution is -2.49. The maximum Gasteiger partial charge on any atom is 0.573 e. The van der Waals surface area contributed by atoms with Crippen LogP contribution in [0.15, 0.2) is 36.4 Å². The largest absolute Gasteiger partial charge is 0.573 e. The van der Waals surface area contributed by atoms with E-state index >= 15 is 0 Å². The lowest BCUT2D eigenvalue weighted by Gasteiger charge is -2.34. The Kier molecular flexibility index (Phi) is 6.93. The number of carbonyl (C=O) groups is 2. The van der Waals surface area contributed by atoms with Crippen molar-refractivity contribution in [3.8, 4) is 5.75 Å². The van der Waals surface area contributed by atoms with E-state index in [1.165, 1.54) is 19.1 Å². The first-order valence-electron chi connectivity index (χ1n) is 11.1. The molecule has 2 aliphatic rings. The summed E-state index contributed by atoms with van der Waals surface area (Å²) in [6.45, 7) is 3.22. The number of fused-ring (bicyclic) bond motifs is 1. The molecule has 1 fully saturated rings. The molecule has 6 nitrogen and oxygen atoms in total. The van der Waals surface area contributed by atoms with Gasteiger partial charge in [0.25, 0.3) is 0 Å². The van der Waals surface area contributed by atoms with Crippen LogP contribution in [0.25, 0.3) is 0 Å². The number of likely N-dealkylation sites (tertiary alicyclic amines) is 1. The summed E-state index contributed by atoms with van der Waals surface area (Å²) < 4.78 is 41.0. The number of piperidine rings is 1. The van der Waals surface area contributed by atoms with E-state index in [-0.39, 0.29) is 17.6 Å². The van der Waals surface area contributed by atoms with Crippen molar-refractivity contribution in [2.45, 2.75) is 51.6 Å². The van der Waals surface area contributed by atoms with Gasteiger partial charge < -0.3 is 19.9 Å². The van der Waals surface area contributed by atoms with Crippen molar-refractivity contribution >= 4 is 34.8 Å². The topological polar surface area (TPSA) is 61.9 Å². The molecule has 34 heavy (non-hydrogen) atoms. The minimum Gasteiger partial charge on any atom is -0.406 e. The number of anilines is 2. The van der Waals surface area contributed by atoms with Crippen molar-refractivity contribution in [3.05, 3.63) is 52.5 Å². The smallest absolute Gasteiger partial charge is 0.406 e. The second-order valence-electron chi connectivity index (χ2n) is 8.54. The van der Waals surface area contributed by atoms with E-state index < -0.39 is 12.4 Å². The van der Waals surface area contributed by atoms with Gasteiger partial charge in [-0.3, -0.25) is 9.59 Å². The van der Waals surface area contributed by atoms with E-state index in [0.717, 1.165) is 36.1 Å². The van der Waals surface area contributed by atoms with E-state index in [0.29, 0.717) is 36.8 Å². The van der Waals surface area contributed by atoms with Crippen LogP contribution in [0.3, 0.4) is 0 Å². The highest BCUT2D eigenvalue weighted by Crippen LogP contribution is 2.39. The van der Waals surface area contributed by atoms with Crippen LogP contribution >= 0.6 is 11.6 Å². The Labute approximate surface area is 200 Å². The quantitative estimate of drug-likeness (QED) is 0.624. The van der Waals surface area contributed by atoms with E-state index in [1.807, 2.05) is 6.07 Å². The number of halogens is 4. The molecule has 10 heteroatoms. The number of hydrogen-bond acceptors (Lipinski definition) is 4. The fraction of sp³-hybridized carbons (Fsp3) is 0.417. The molecule has 1 atom stereocenters. The molecule has 1 N–H and O–H groups in total. The van der Waals surface area contributed by atoms with Crippen LogP contribution in [0.5, 0.6) is 5.75 Å². The van der Waals surface area contributed by atoms with Gasteiger partial charge in [-0.1, -0.05) is 23.7 Å². The van der Waals surface area contributed by atoms with Crippen molar-refractivity contribution in [1.82, 2.24) is 4.90 Å². The number of nitrogens with one attached hydrogen (secondary N) is 1. The molecule has 1 saturated heterocycles. The first-order valence-corrected chi connectivity index (χ1v) is 11.5. The third-order valence-corrected chi connectivity index (χ3v) is 6.41. The zero-order valence-corrected chi connectivity index (χ0v) is 19.4. The molecule has 4 rings (SSSR count). The Balaban J connectivity index is 1.44. The van der Waals surface area contributed by atoms with Crippen molar-refractivity contribution in [2.24, 2.45) is 0 Å². The second kappa shape index (κ2) is 9.74. The molecule has 2 aromatic carbocycles. The summed E-state index contributed by atoms with van der Waals surface area (Å²) in [5.41, 5.74) is 3.22. The Morgan fingerprint density at radius 1 is 1.15 bits per heavy atom. The molecular weight excluding hydrogens is 471 g/mol. The molecular formula is C24H25ClF3N3O3. The number of amides is 2. The number of nitrogens with zero attached hydrogens (tertiary/aromatic N) is 2. The molecule has 0 aliphatic carbocycles. The van der Waals surface area contributed by atoms with Crippen LogP contribution in [-0.4, -0.2) is 42.2 Å². The Bertz CT molecular complexity index is 1080. The summed E-state index contributed by atoms with van der Waals surface area (Å²) in [6, 6.07) is 8.85. The summed E-state index contributed by atoms with van der Waals surface area (Å²) in [5, 5.41) is 3.40. The fourth-order valence-electron chi connectivity index (χ4n) is 4.62. The summed E-state index contributed by atoms with van der Waals surface area (Å²) >= 11 is 6.58. The molecule has 1 unspecified atom stereocenters. The lowest BCUT2D eigenvalue weighted by atomic mass is 10.0. The van der Waals surface area contributed by atoms with E-state index in [1.54, 1.807) is 23.1 Å². The minimum absolute atomic E-state index is 0.111. The Morgan fingerprint density at radius 2 is 1.88 bits per heavy atom. The van der Waals surface area contributed by atoms with E-state index in [4.69, 9.17) is 11.6 Å². The predicted octanol–water partition coefficient (Wildman–Crippen LogP) is 5.14. The normalized spacial score (nSPS) is 18.0. The first-order chi connectivity index (χ1) is 16.1. The highest BCUT2D eigenvalue weighted by atomic mass is 35.5. The number of rotatable bonds is 5. The summed E-state index contributed by atoms with van der Waals surface area (Å²) in [4.78, 5) is 28.4. The molecule has 0 radical (unpaired) electrons. The van der Waals surface area contributed by atoms with Gasteiger partial charge in [0.2, 0.25) is 11.8 Å². The molecule has 0 saturated carbocycles. The van der Waals surface area contributed by atoms with Gasteiger partial charge in [0, 0.05) is 32.2 Å². The van der Waals surface area contributed by atoms with Gasteiger partial charge >= 0.3 is 6.36 Å². The SMILES string of the molecule is CC(=O)N1CCCCC1C(=O)Nc1cc(Cl)c2c(c1)CCN2Cc1ccc(OC(F)(F)F)cc1. The molecule has 182 valence electrons. The molecule has 0 spiro atoms. The standard InChI is InChI=1S/C24H25ClF3N3O3/c1-15(32)31-10-3-2-4-21(31)23(33)29-18-12-17-9-11-30(22(17)20(25)13-18)14-16-5-7-19(8-6-16)34-24(26,27)28/h5-8,12-13,21H,2-4,9-11,14H2,1H3,(H,29,33). The summed E-state index contributed by atoms with van der Waals surface area (Å²) in [7, 11) is 0. The molecule has 2 heterocycles. The molecule has 2 aromatic rings. The van der Waals surface area contributed by atoms with Crippen molar-refractivity contribution < 1.29 is 27.5 Å². The van der Waals surface area contributed by atoms with Crippen LogP contribution < -0.4 is 15.0 Å². The monoisotopic (exact) mass is 495 g/mol. The van der Waals surface area contributed by atoms with Crippen LogP contribution in [0.4, 0.5) is 24.5 Å². The van der Waals surface area contributed by atoms with Crippen molar-refractivity contribution in [1.29, 1.82) is 0 Å². The Hall–Kier alpha value is -2.94. The number of hydrogen-bond donors (Lipinski definition) is 1. The third kappa shape index (κ3) is 5.58. The summed E-state index contributed by atoms with van der Waals surface area (Å²) in [6.07, 6.45) is -1.59. The van der Waals surface area contributed by atoms with Gasteiger partial charge in [0.1, 0.15) is 11.8 Å². The average Bonchev–Trinajstić information content (AvgIpc) is 3.17. The first kappa shape index (κ1) is 24.2. The number of ether oxygens (including phenoxy) is 1. The van der Waals surface area contributed by atoms with Crippen LogP contribution in [0.1, 0.15) is 37.3 Å². The maximum atomic E-state index is 12.9. The van der Waals surface area contributed by atoms with Gasteiger partial charge in [-0.25, -0.2) is 0 Å². The van der Waals surface area contributed by atoms with Gasteiger partial charge in [-0.05, 0) is 61.1 Å². The van der Waals surface area contributed by atoms with Gasteiger partial charge in [0.15, 0.2) is 0 Å². The number of carbonyl (C=O) groups excluding carboxylic acids is 2. The highest BCUT2D eigenvalue weighted by Gasteiger charge is 2.32. The fourth-order valence-corrected chi connectivity index (χ4v) is 4.98. The zero-order chi connectivity index (χ0) is 24.5. The Morgan fingerprint density at radius 3 is 2.56 bits per heavy atom. The van der Waals surface area contributed by atoms with Crippen molar-refractivity contribution in [2.75, 3.05) is 23.3 Å². The minimum atomic E-state index is -4.72. The third-order valence-electron chi connectivity index (χ3n) is 6.12. The second-order valence-corrected chi connectivity index (χ2v) is 8.95. The lowest BCUT2D eigenvalue weighted by molar-refractivity contribution is -0.274. The van der Waals surface area contributed by atoms with E-state index in [9.17, 15) is 22.8 Å². The maximum absolute atomic E-state index is 12.9. The number of alkyl halides is 3. The van der Waals surface area contributed by atoms with Gasteiger partial charge in [-0.15, -0.1) is 13.2 Å². The number of benzene rings is 2. The van der Waals surface area contributed by atoms with Gasteiger partial charge in [-0.2, -0.15) is 0 Å². The summed E-state index contributed by atoms with van der Waals surface area (Å²) in [5.74, 6) is -0.597. The molecule has 0 aromatic heterocycles. The van der Waals surface area contributed by atoms with Crippen LogP contribution in [0.2, 0.25) is 5.02 Å². The predicted molar refractivity (Wildman–Crippen MR) is 123 cm³/mol. The van der Waals surface area contributed by atoms with Crippen molar-refractivity contribution in [3.63, 3.8) is 0 Å². The average molecular weight is 496 g/mol. The zero-order valence-electron chi connectivity index (χ0n) is 18.6. The van der Waals surface area contributed by atoms with E-state index in [2.05, 4.69) is 15.0 Å². The van der Waals surface area contributed by atoms with Gasteiger partial charge in [0.05, 0.1) is 10.7 Å². The highest BCUT2D eigenvalue weighted by molar-refractivity contribution is 6.34. The molecule has 0 bridgehead atoms. The molecule has 2 amide bonds. The molecule has 2 aliphatic heterocycles.